The molecule has 1 aromatic rings. The minimum Gasteiger partial charge on any atom is -0.326 e. The minimum atomic E-state index is -5.22. The van der Waals surface area contributed by atoms with Gasteiger partial charge in [-0.25, -0.2) is 0 Å². The highest BCUT2D eigenvalue weighted by Crippen LogP contribution is 2.31. The third-order valence-corrected chi connectivity index (χ3v) is 4.01. The SMILES string of the molecule is NCc1ccc(SS(=O)(=O)OC(F)(F)F)cc1. The Morgan fingerprint density at radius 3 is 2.18 bits per heavy atom. The lowest BCUT2D eigenvalue weighted by molar-refractivity contribution is -0.270. The standard InChI is InChI=1S/C8H8F3NO3S2/c9-8(10,11)15-17(13,14)16-7-3-1-6(5-12)2-4-7/h1-4H,5,12H2. The Hall–Kier alpha value is -0.770. The molecule has 0 aliphatic heterocycles. The van der Waals surface area contributed by atoms with Crippen molar-refractivity contribution in [3.8, 4) is 0 Å². The van der Waals surface area contributed by atoms with Gasteiger partial charge in [-0.3, -0.25) is 0 Å². The molecule has 0 atom stereocenters. The number of nitrogens with two attached hydrogens (primary N) is 1. The molecule has 0 bridgehead atoms. The van der Waals surface area contributed by atoms with Crippen molar-refractivity contribution in [1.82, 2.24) is 0 Å². The lowest BCUT2D eigenvalue weighted by Gasteiger charge is -2.07. The minimum absolute atomic E-state index is 0.0189. The summed E-state index contributed by atoms with van der Waals surface area (Å²) in [5.74, 6) is 0. The molecule has 0 fully saturated rings. The van der Waals surface area contributed by atoms with E-state index in [1.165, 1.54) is 24.3 Å². The maximum atomic E-state index is 11.7. The van der Waals surface area contributed by atoms with E-state index in [0.29, 0.717) is 0 Å². The van der Waals surface area contributed by atoms with Crippen molar-refractivity contribution in [2.75, 3.05) is 0 Å². The van der Waals surface area contributed by atoms with E-state index in [4.69, 9.17) is 5.73 Å². The van der Waals surface area contributed by atoms with Gasteiger partial charge in [0.2, 0.25) is 0 Å². The van der Waals surface area contributed by atoms with Gasteiger partial charge >= 0.3 is 15.5 Å². The van der Waals surface area contributed by atoms with Gasteiger partial charge in [0.25, 0.3) is 0 Å². The molecule has 0 heterocycles. The summed E-state index contributed by atoms with van der Waals surface area (Å²) in [6.07, 6.45) is -5.22. The second-order valence-electron chi connectivity index (χ2n) is 2.87. The normalized spacial score (nSPS) is 12.7. The van der Waals surface area contributed by atoms with Gasteiger partial charge in [-0.2, -0.15) is 12.6 Å². The van der Waals surface area contributed by atoms with E-state index < -0.39 is 15.5 Å². The summed E-state index contributed by atoms with van der Waals surface area (Å²) in [7, 11) is -4.77. The summed E-state index contributed by atoms with van der Waals surface area (Å²) in [6.45, 7) is 0.261. The van der Waals surface area contributed by atoms with Crippen molar-refractivity contribution >= 4 is 19.9 Å². The van der Waals surface area contributed by atoms with Gasteiger partial charge in [-0.15, -0.1) is 13.2 Å². The van der Waals surface area contributed by atoms with Gasteiger partial charge in [0, 0.05) is 22.2 Å². The van der Waals surface area contributed by atoms with Crippen LogP contribution in [0.15, 0.2) is 29.2 Å². The van der Waals surface area contributed by atoms with Crippen molar-refractivity contribution in [3.05, 3.63) is 29.8 Å². The highest BCUT2D eigenvalue weighted by atomic mass is 33.1. The largest absolute Gasteiger partial charge is 0.537 e. The number of hydrogen-bond acceptors (Lipinski definition) is 5. The molecule has 1 aromatic carbocycles. The van der Waals surface area contributed by atoms with Gasteiger partial charge in [0.1, 0.15) is 0 Å². The van der Waals surface area contributed by atoms with Crippen LogP contribution in [-0.2, 0) is 19.9 Å². The molecule has 96 valence electrons. The zero-order chi connectivity index (χ0) is 13.1. The summed E-state index contributed by atoms with van der Waals surface area (Å²) in [5.41, 5.74) is 6.05. The van der Waals surface area contributed by atoms with Gasteiger partial charge < -0.3 is 5.73 Å². The van der Waals surface area contributed by atoms with Crippen LogP contribution < -0.4 is 5.73 Å². The average molecular weight is 287 g/mol. The third-order valence-electron chi connectivity index (χ3n) is 1.55. The van der Waals surface area contributed by atoms with Gasteiger partial charge in [0.05, 0.1) is 0 Å². The summed E-state index contributed by atoms with van der Waals surface area (Å²) in [5, 5.41) is 0. The number of rotatable bonds is 4. The van der Waals surface area contributed by atoms with Crippen molar-refractivity contribution in [1.29, 1.82) is 0 Å². The molecule has 0 unspecified atom stereocenters. The van der Waals surface area contributed by atoms with Crippen molar-refractivity contribution in [2.24, 2.45) is 5.73 Å². The van der Waals surface area contributed by atoms with Gasteiger partial charge in [-0.1, -0.05) is 12.1 Å². The van der Waals surface area contributed by atoms with E-state index in [0.717, 1.165) is 5.56 Å². The first kappa shape index (κ1) is 14.3. The molecule has 0 amide bonds. The first-order chi connectivity index (χ1) is 7.72. The van der Waals surface area contributed by atoms with Crippen LogP contribution in [0.25, 0.3) is 0 Å². The third kappa shape index (κ3) is 5.39. The molecule has 0 spiro atoms. The van der Waals surface area contributed by atoms with Crippen LogP contribution in [0.3, 0.4) is 0 Å². The summed E-state index contributed by atoms with van der Waals surface area (Å²) in [6, 6.07) is 5.74. The number of hydrogen-bond donors (Lipinski definition) is 1. The molecular weight excluding hydrogens is 279 g/mol. The van der Waals surface area contributed by atoms with Crippen LogP contribution in [0.2, 0.25) is 0 Å². The van der Waals surface area contributed by atoms with Crippen molar-refractivity contribution < 1.29 is 25.8 Å². The molecule has 0 saturated heterocycles. The van der Waals surface area contributed by atoms with Gasteiger partial charge in [-0.05, 0) is 17.7 Å². The lowest BCUT2D eigenvalue weighted by Crippen LogP contribution is -2.17. The van der Waals surface area contributed by atoms with E-state index >= 15 is 0 Å². The summed E-state index contributed by atoms with van der Waals surface area (Å²) in [4.78, 5) is 0.117. The number of benzene rings is 1. The fourth-order valence-corrected chi connectivity index (χ4v) is 3.05. The molecule has 0 aliphatic carbocycles. The Morgan fingerprint density at radius 1 is 1.24 bits per heavy atom. The molecule has 0 aromatic heterocycles. The highest BCUT2D eigenvalue weighted by Gasteiger charge is 2.37. The van der Waals surface area contributed by atoms with Crippen LogP contribution in [0.4, 0.5) is 13.2 Å². The fraction of sp³-hybridized carbons (Fsp3) is 0.250. The topological polar surface area (TPSA) is 69.4 Å². The lowest BCUT2D eigenvalue weighted by atomic mass is 10.2. The van der Waals surface area contributed by atoms with E-state index in [2.05, 4.69) is 4.18 Å². The Kier molecular flexibility index (Phi) is 4.42. The molecule has 0 aliphatic rings. The van der Waals surface area contributed by atoms with E-state index in [1.807, 2.05) is 0 Å². The fourth-order valence-electron chi connectivity index (χ4n) is 0.932. The second-order valence-corrected chi connectivity index (χ2v) is 6.21. The van der Waals surface area contributed by atoms with Crippen LogP contribution >= 0.6 is 10.8 Å². The van der Waals surface area contributed by atoms with Crippen LogP contribution in [0.1, 0.15) is 5.56 Å². The Bertz CT molecular complexity index is 470. The molecule has 17 heavy (non-hydrogen) atoms. The van der Waals surface area contributed by atoms with Crippen molar-refractivity contribution in [2.45, 2.75) is 17.8 Å². The van der Waals surface area contributed by atoms with Crippen LogP contribution in [0.5, 0.6) is 0 Å². The predicted molar refractivity (Wildman–Crippen MR) is 56.3 cm³/mol. The second kappa shape index (κ2) is 5.25. The van der Waals surface area contributed by atoms with E-state index in [1.54, 1.807) is 0 Å². The Morgan fingerprint density at radius 2 is 1.76 bits per heavy atom. The smallest absolute Gasteiger partial charge is 0.326 e. The molecule has 0 radical (unpaired) electrons. The molecule has 9 heteroatoms. The maximum Gasteiger partial charge on any atom is 0.537 e. The zero-order valence-corrected chi connectivity index (χ0v) is 9.90. The molecular formula is C8H8F3NO3S2. The van der Waals surface area contributed by atoms with Crippen LogP contribution in [-0.4, -0.2) is 14.8 Å². The Labute approximate surface area is 99.5 Å². The monoisotopic (exact) mass is 287 g/mol. The molecule has 4 nitrogen and oxygen atoms in total. The molecule has 1 rings (SSSR count). The van der Waals surface area contributed by atoms with Gasteiger partial charge in [0.15, 0.2) is 0 Å². The molecule has 2 N–H and O–H groups in total. The predicted octanol–water partition coefficient (Wildman–Crippen LogP) is 2.02. The quantitative estimate of drug-likeness (QED) is 0.858. The number of alkyl halides is 3. The van der Waals surface area contributed by atoms with Crippen molar-refractivity contribution in [3.63, 3.8) is 0 Å². The number of halogens is 3. The van der Waals surface area contributed by atoms with E-state index in [-0.39, 0.29) is 22.2 Å². The Balaban J connectivity index is 2.76. The summed E-state index contributed by atoms with van der Waals surface area (Å²) < 4.78 is 60.2. The zero-order valence-electron chi connectivity index (χ0n) is 8.27. The maximum absolute atomic E-state index is 11.7. The van der Waals surface area contributed by atoms with Crippen LogP contribution in [0, 0.1) is 0 Å². The molecule has 0 saturated carbocycles. The highest BCUT2D eigenvalue weighted by molar-refractivity contribution is 8.70. The summed E-state index contributed by atoms with van der Waals surface area (Å²) >= 11 is 0. The first-order valence-corrected chi connectivity index (χ1v) is 6.97. The van der Waals surface area contributed by atoms with E-state index in [9.17, 15) is 21.6 Å². The first-order valence-electron chi connectivity index (χ1n) is 4.23. The average Bonchev–Trinajstić information content (AvgIpc) is 2.14.